The van der Waals surface area contributed by atoms with Crippen LogP contribution in [0, 0.1) is 5.82 Å². The quantitative estimate of drug-likeness (QED) is 0.242. The number of benzene rings is 3. The standard InChI is InChI=1S/C27H23ClFN3O2S/c28-20-7-4-6-18(14-20)17-35-27-30-24-15-19(25(33)31-12-2-1-3-13-31)10-11-23(24)26(34)32(27)22-9-5-8-21(29)16-22/h4-11,14-16H,1-3,12-13,17H2. The highest BCUT2D eigenvalue weighted by Crippen LogP contribution is 2.26. The van der Waals surface area contributed by atoms with Crippen LogP contribution in [0.25, 0.3) is 16.6 Å². The first-order valence-electron chi connectivity index (χ1n) is 11.5. The van der Waals surface area contributed by atoms with Gasteiger partial charge in [0.05, 0.1) is 16.6 Å². The lowest BCUT2D eigenvalue weighted by atomic mass is 10.1. The molecule has 4 aromatic rings. The Morgan fingerprint density at radius 2 is 1.80 bits per heavy atom. The summed E-state index contributed by atoms with van der Waals surface area (Å²) < 4.78 is 15.5. The summed E-state index contributed by atoms with van der Waals surface area (Å²) in [5, 5.41) is 1.41. The van der Waals surface area contributed by atoms with Crippen molar-refractivity contribution in [3.05, 3.63) is 99.1 Å². The first-order chi connectivity index (χ1) is 17.0. The Kier molecular flexibility index (Phi) is 6.88. The number of aromatic nitrogens is 2. The van der Waals surface area contributed by atoms with Crippen molar-refractivity contribution in [2.75, 3.05) is 13.1 Å². The lowest BCUT2D eigenvalue weighted by Crippen LogP contribution is -2.35. The van der Waals surface area contributed by atoms with Crippen LogP contribution in [-0.2, 0) is 5.75 Å². The third kappa shape index (κ3) is 5.11. The molecule has 5 rings (SSSR count). The number of carbonyl (C=O) groups is 1. The van der Waals surface area contributed by atoms with Gasteiger partial charge in [0.1, 0.15) is 5.82 Å². The van der Waals surface area contributed by atoms with Crippen molar-refractivity contribution in [1.82, 2.24) is 14.5 Å². The second kappa shape index (κ2) is 10.2. The number of amides is 1. The topological polar surface area (TPSA) is 55.2 Å². The minimum absolute atomic E-state index is 0.0455. The molecular formula is C27H23ClFN3O2S. The van der Waals surface area contributed by atoms with Crippen LogP contribution in [0.5, 0.6) is 0 Å². The van der Waals surface area contributed by atoms with Gasteiger partial charge in [0.2, 0.25) is 0 Å². The van der Waals surface area contributed by atoms with Gasteiger partial charge in [-0.2, -0.15) is 0 Å². The predicted molar refractivity (Wildman–Crippen MR) is 138 cm³/mol. The second-order valence-electron chi connectivity index (χ2n) is 8.52. The molecule has 3 aromatic carbocycles. The maximum absolute atomic E-state index is 14.0. The number of piperidine rings is 1. The van der Waals surface area contributed by atoms with E-state index in [1.807, 2.05) is 23.1 Å². The lowest BCUT2D eigenvalue weighted by Gasteiger charge is -2.26. The van der Waals surface area contributed by atoms with Gasteiger partial charge in [-0.25, -0.2) is 9.37 Å². The molecule has 0 saturated carbocycles. The molecule has 35 heavy (non-hydrogen) atoms. The van der Waals surface area contributed by atoms with E-state index >= 15 is 0 Å². The summed E-state index contributed by atoms with van der Waals surface area (Å²) in [5.74, 6) is 0.0267. The average molecular weight is 508 g/mol. The molecule has 1 aliphatic rings. The summed E-state index contributed by atoms with van der Waals surface area (Å²) in [4.78, 5) is 33.2. The Bertz CT molecular complexity index is 1470. The fourth-order valence-electron chi connectivity index (χ4n) is 4.29. The van der Waals surface area contributed by atoms with Crippen LogP contribution < -0.4 is 5.56 Å². The van der Waals surface area contributed by atoms with Gasteiger partial charge in [0.25, 0.3) is 11.5 Å². The van der Waals surface area contributed by atoms with Crippen LogP contribution in [-0.4, -0.2) is 33.4 Å². The summed E-state index contributed by atoms with van der Waals surface area (Å²) in [7, 11) is 0. The highest BCUT2D eigenvalue weighted by molar-refractivity contribution is 7.98. The Balaban J connectivity index is 1.59. The van der Waals surface area contributed by atoms with Crippen LogP contribution in [0.15, 0.2) is 76.7 Å². The minimum Gasteiger partial charge on any atom is -0.339 e. The molecule has 1 saturated heterocycles. The zero-order chi connectivity index (χ0) is 24.4. The van der Waals surface area contributed by atoms with E-state index in [2.05, 4.69) is 0 Å². The Labute approximate surface area is 211 Å². The number of rotatable bonds is 5. The van der Waals surface area contributed by atoms with E-state index in [-0.39, 0.29) is 11.5 Å². The summed E-state index contributed by atoms with van der Waals surface area (Å²) in [6.45, 7) is 1.48. The average Bonchev–Trinajstić information content (AvgIpc) is 2.87. The van der Waals surface area contributed by atoms with Crippen LogP contribution >= 0.6 is 23.4 Å². The number of halogens is 2. The summed E-state index contributed by atoms with van der Waals surface area (Å²) in [5.41, 5.74) is 2.01. The van der Waals surface area contributed by atoms with Crippen LogP contribution in [0.3, 0.4) is 0 Å². The van der Waals surface area contributed by atoms with E-state index in [0.29, 0.717) is 38.1 Å². The number of fused-ring (bicyclic) bond motifs is 1. The lowest BCUT2D eigenvalue weighted by molar-refractivity contribution is 0.0724. The molecule has 1 aliphatic heterocycles. The van der Waals surface area contributed by atoms with Gasteiger partial charge in [-0.3, -0.25) is 14.2 Å². The van der Waals surface area contributed by atoms with Crippen molar-refractivity contribution in [1.29, 1.82) is 0 Å². The number of hydrogen-bond acceptors (Lipinski definition) is 4. The van der Waals surface area contributed by atoms with E-state index in [0.717, 1.165) is 37.9 Å². The Hall–Kier alpha value is -3.16. The number of hydrogen-bond donors (Lipinski definition) is 0. The monoisotopic (exact) mass is 507 g/mol. The largest absolute Gasteiger partial charge is 0.339 e. The van der Waals surface area contributed by atoms with Crippen molar-refractivity contribution in [3.63, 3.8) is 0 Å². The molecule has 0 unspecified atom stereocenters. The van der Waals surface area contributed by atoms with Crippen molar-refractivity contribution in [3.8, 4) is 5.69 Å². The molecule has 0 atom stereocenters. The summed E-state index contributed by atoms with van der Waals surface area (Å²) in [6.07, 6.45) is 3.14. The van der Waals surface area contributed by atoms with E-state index in [1.54, 1.807) is 36.4 Å². The molecule has 0 spiro atoms. The van der Waals surface area contributed by atoms with Crippen molar-refractivity contribution < 1.29 is 9.18 Å². The fraction of sp³-hybridized carbons (Fsp3) is 0.222. The maximum atomic E-state index is 14.0. The molecule has 0 N–H and O–H groups in total. The number of likely N-dealkylation sites (tertiary alicyclic amines) is 1. The van der Waals surface area contributed by atoms with Crippen molar-refractivity contribution in [2.24, 2.45) is 0 Å². The molecule has 178 valence electrons. The minimum atomic E-state index is -0.442. The molecular weight excluding hydrogens is 485 g/mol. The third-order valence-corrected chi connectivity index (χ3v) is 7.30. The zero-order valence-corrected chi connectivity index (χ0v) is 20.5. The molecule has 0 aliphatic carbocycles. The molecule has 0 bridgehead atoms. The van der Waals surface area contributed by atoms with Gasteiger partial charge in [0.15, 0.2) is 5.16 Å². The van der Waals surface area contributed by atoms with Crippen LogP contribution in [0.1, 0.15) is 35.2 Å². The smallest absolute Gasteiger partial charge is 0.266 e. The maximum Gasteiger partial charge on any atom is 0.266 e. The Morgan fingerprint density at radius 1 is 1.00 bits per heavy atom. The predicted octanol–water partition coefficient (Wildman–Crippen LogP) is 6.10. The molecule has 8 heteroatoms. The molecule has 0 radical (unpaired) electrons. The van der Waals surface area contributed by atoms with Crippen molar-refractivity contribution in [2.45, 2.75) is 30.2 Å². The highest BCUT2D eigenvalue weighted by Gasteiger charge is 2.20. The molecule has 2 heterocycles. The van der Waals surface area contributed by atoms with Gasteiger partial charge in [0, 0.05) is 29.4 Å². The van der Waals surface area contributed by atoms with Gasteiger partial charge in [-0.15, -0.1) is 0 Å². The molecule has 5 nitrogen and oxygen atoms in total. The highest BCUT2D eigenvalue weighted by atomic mass is 35.5. The fourth-order valence-corrected chi connectivity index (χ4v) is 5.46. The van der Waals surface area contributed by atoms with E-state index in [1.165, 1.54) is 28.5 Å². The van der Waals surface area contributed by atoms with E-state index in [4.69, 9.17) is 16.6 Å². The summed E-state index contributed by atoms with van der Waals surface area (Å²) >= 11 is 7.48. The molecule has 1 fully saturated rings. The van der Waals surface area contributed by atoms with Gasteiger partial charge in [-0.05, 0) is 73.4 Å². The second-order valence-corrected chi connectivity index (χ2v) is 9.90. The SMILES string of the molecule is O=C(c1ccc2c(=O)n(-c3cccc(F)c3)c(SCc3cccc(Cl)c3)nc2c1)N1CCCCC1. The van der Waals surface area contributed by atoms with Crippen molar-refractivity contribution >= 4 is 40.2 Å². The third-order valence-electron chi connectivity index (χ3n) is 6.05. The Morgan fingerprint density at radius 3 is 2.57 bits per heavy atom. The summed E-state index contributed by atoms with van der Waals surface area (Å²) in [6, 6.07) is 18.4. The van der Waals surface area contributed by atoms with Gasteiger partial charge in [-0.1, -0.05) is 41.6 Å². The van der Waals surface area contributed by atoms with Crippen LogP contribution in [0.2, 0.25) is 5.02 Å². The van der Waals surface area contributed by atoms with Gasteiger partial charge >= 0.3 is 0 Å². The van der Waals surface area contributed by atoms with E-state index < -0.39 is 5.82 Å². The number of carbonyl (C=O) groups excluding carboxylic acids is 1. The first kappa shape index (κ1) is 23.6. The number of thioether (sulfide) groups is 1. The molecule has 1 amide bonds. The first-order valence-corrected chi connectivity index (χ1v) is 12.9. The van der Waals surface area contributed by atoms with Gasteiger partial charge < -0.3 is 4.90 Å². The number of nitrogens with zero attached hydrogens (tertiary/aromatic N) is 3. The zero-order valence-electron chi connectivity index (χ0n) is 18.9. The van der Waals surface area contributed by atoms with E-state index in [9.17, 15) is 14.0 Å². The normalized spacial score (nSPS) is 13.8. The molecule has 1 aromatic heterocycles. The van der Waals surface area contributed by atoms with Crippen LogP contribution in [0.4, 0.5) is 4.39 Å².